The molecular formula is C29H29ClO4. The number of aromatic carboxylic acids is 1. The van der Waals surface area contributed by atoms with Crippen molar-refractivity contribution in [2.75, 3.05) is 7.11 Å². The standard InChI is InChI=1S/C29H28O4.ClH/c1-33-28(32)25-7-6-23(21-2-3-22-12-24(27(30)31)5-4-20(22)11-21)13-26(25)29-14-17-8-18(15-29)10-19(9-17)16-29;/h2-7,11-13,17-19H,8-10,14-16H2,1H3,(H,30,31);1H. The average Bonchev–Trinajstić information content (AvgIpc) is 2.81. The number of benzene rings is 3. The van der Waals surface area contributed by atoms with Gasteiger partial charge in [-0.05, 0) is 119 Å². The van der Waals surface area contributed by atoms with E-state index in [4.69, 9.17) is 4.74 Å². The van der Waals surface area contributed by atoms with Gasteiger partial charge >= 0.3 is 11.9 Å². The quantitative estimate of drug-likeness (QED) is 0.417. The first kappa shape index (κ1) is 22.9. The average molecular weight is 477 g/mol. The van der Waals surface area contributed by atoms with Crippen molar-refractivity contribution < 1.29 is 19.4 Å². The van der Waals surface area contributed by atoms with E-state index in [0.29, 0.717) is 5.56 Å². The van der Waals surface area contributed by atoms with E-state index >= 15 is 0 Å². The van der Waals surface area contributed by atoms with Crippen LogP contribution in [0.25, 0.3) is 21.9 Å². The Morgan fingerprint density at radius 2 is 1.38 bits per heavy atom. The maximum atomic E-state index is 12.8. The number of carboxylic acids is 1. The number of methoxy groups -OCH3 is 1. The van der Waals surface area contributed by atoms with Crippen molar-refractivity contribution in [1.29, 1.82) is 0 Å². The summed E-state index contributed by atoms with van der Waals surface area (Å²) in [5, 5.41) is 11.2. The number of carbonyl (C=O) groups excluding carboxylic acids is 1. The van der Waals surface area contributed by atoms with Gasteiger partial charge in [0.25, 0.3) is 0 Å². The molecule has 7 rings (SSSR count). The largest absolute Gasteiger partial charge is 0.478 e. The Bertz CT molecular complexity index is 1260. The Morgan fingerprint density at radius 3 is 2.00 bits per heavy atom. The van der Waals surface area contributed by atoms with Gasteiger partial charge in [-0.2, -0.15) is 0 Å². The highest BCUT2D eigenvalue weighted by molar-refractivity contribution is 5.96. The summed E-state index contributed by atoms with van der Waals surface area (Å²) >= 11 is 0. The Labute approximate surface area is 205 Å². The molecule has 4 aliphatic rings. The van der Waals surface area contributed by atoms with Crippen LogP contribution in [0.5, 0.6) is 0 Å². The lowest BCUT2D eigenvalue weighted by Crippen LogP contribution is -2.49. The molecule has 0 heterocycles. The molecule has 0 radical (unpaired) electrons. The fourth-order valence-electron chi connectivity index (χ4n) is 7.45. The zero-order chi connectivity index (χ0) is 22.7. The third-order valence-electron chi connectivity index (χ3n) is 8.45. The molecule has 4 aliphatic carbocycles. The van der Waals surface area contributed by atoms with Crippen molar-refractivity contribution in [3.8, 4) is 11.1 Å². The van der Waals surface area contributed by atoms with Gasteiger partial charge in [-0.3, -0.25) is 0 Å². The van der Waals surface area contributed by atoms with E-state index in [1.807, 2.05) is 30.3 Å². The van der Waals surface area contributed by atoms with Crippen LogP contribution in [0.3, 0.4) is 0 Å². The van der Waals surface area contributed by atoms with Crippen molar-refractivity contribution in [1.82, 2.24) is 0 Å². The molecule has 0 amide bonds. The van der Waals surface area contributed by atoms with E-state index in [1.54, 1.807) is 12.1 Å². The summed E-state index contributed by atoms with van der Waals surface area (Å²) in [5.41, 5.74) is 4.44. The minimum Gasteiger partial charge on any atom is -0.478 e. The molecule has 0 aromatic heterocycles. The van der Waals surface area contributed by atoms with E-state index in [2.05, 4.69) is 12.1 Å². The molecule has 176 valence electrons. The molecule has 3 aromatic carbocycles. The summed E-state index contributed by atoms with van der Waals surface area (Å²) in [4.78, 5) is 24.1. The van der Waals surface area contributed by atoms with Gasteiger partial charge in [-0.1, -0.05) is 24.3 Å². The molecule has 4 nitrogen and oxygen atoms in total. The highest BCUT2D eigenvalue weighted by Gasteiger charge is 2.52. The number of carbonyl (C=O) groups is 2. The fourth-order valence-corrected chi connectivity index (χ4v) is 7.45. The second-order valence-corrected chi connectivity index (χ2v) is 10.5. The fraction of sp³-hybridized carbons (Fsp3) is 0.379. The van der Waals surface area contributed by atoms with E-state index in [9.17, 15) is 14.7 Å². The van der Waals surface area contributed by atoms with Crippen LogP contribution >= 0.6 is 12.4 Å². The maximum Gasteiger partial charge on any atom is 0.338 e. The molecule has 0 spiro atoms. The van der Waals surface area contributed by atoms with Crippen LogP contribution in [-0.4, -0.2) is 24.2 Å². The Morgan fingerprint density at radius 1 is 0.824 bits per heavy atom. The lowest BCUT2D eigenvalue weighted by Gasteiger charge is -2.57. The lowest BCUT2D eigenvalue weighted by atomic mass is 9.47. The van der Waals surface area contributed by atoms with Gasteiger partial charge in [0.15, 0.2) is 0 Å². The lowest BCUT2D eigenvalue weighted by molar-refractivity contribution is -0.00591. The maximum absolute atomic E-state index is 12.8. The van der Waals surface area contributed by atoms with E-state index in [-0.39, 0.29) is 23.8 Å². The van der Waals surface area contributed by atoms with Gasteiger partial charge in [0.1, 0.15) is 0 Å². The molecule has 1 N–H and O–H groups in total. The Hall–Kier alpha value is -2.85. The van der Waals surface area contributed by atoms with Crippen molar-refractivity contribution in [2.45, 2.75) is 43.9 Å². The van der Waals surface area contributed by atoms with E-state index in [0.717, 1.165) is 45.2 Å². The Kier molecular flexibility index (Phi) is 5.68. The molecule has 4 fully saturated rings. The van der Waals surface area contributed by atoms with Crippen LogP contribution < -0.4 is 0 Å². The minimum atomic E-state index is -0.917. The number of hydrogen-bond acceptors (Lipinski definition) is 3. The number of rotatable bonds is 4. The number of fused-ring (bicyclic) bond motifs is 1. The summed E-state index contributed by atoms with van der Waals surface area (Å²) in [5.74, 6) is 1.20. The van der Waals surface area contributed by atoms with Crippen LogP contribution in [0.2, 0.25) is 0 Å². The first-order chi connectivity index (χ1) is 15.9. The van der Waals surface area contributed by atoms with Crippen molar-refractivity contribution in [3.05, 3.63) is 71.3 Å². The van der Waals surface area contributed by atoms with Crippen LogP contribution in [0.15, 0.2) is 54.6 Å². The predicted octanol–water partition coefficient (Wildman–Crippen LogP) is 6.88. The molecule has 4 saturated carbocycles. The number of halogens is 1. The highest BCUT2D eigenvalue weighted by atomic mass is 35.5. The predicted molar refractivity (Wildman–Crippen MR) is 135 cm³/mol. The number of carboxylic acid groups (broad SMARTS) is 1. The van der Waals surface area contributed by atoms with E-state index < -0.39 is 5.97 Å². The van der Waals surface area contributed by atoms with Gasteiger partial charge < -0.3 is 9.84 Å². The minimum absolute atomic E-state index is 0. The summed E-state index contributed by atoms with van der Waals surface area (Å²) < 4.78 is 5.19. The molecule has 5 heteroatoms. The van der Waals surface area contributed by atoms with Crippen LogP contribution in [0, 0.1) is 17.8 Å². The summed E-state index contributed by atoms with van der Waals surface area (Å²) in [6.45, 7) is 0. The molecule has 0 atom stereocenters. The topological polar surface area (TPSA) is 63.6 Å². The monoisotopic (exact) mass is 476 g/mol. The molecule has 34 heavy (non-hydrogen) atoms. The molecule has 0 saturated heterocycles. The van der Waals surface area contributed by atoms with Crippen LogP contribution in [0.4, 0.5) is 0 Å². The Balaban J connectivity index is 0.00000241. The highest BCUT2D eigenvalue weighted by Crippen LogP contribution is 2.61. The van der Waals surface area contributed by atoms with Crippen LogP contribution in [-0.2, 0) is 10.2 Å². The van der Waals surface area contributed by atoms with Crippen molar-refractivity contribution in [3.63, 3.8) is 0 Å². The second-order valence-electron chi connectivity index (χ2n) is 10.5. The molecule has 4 bridgehead atoms. The first-order valence-electron chi connectivity index (χ1n) is 11.9. The molecular weight excluding hydrogens is 448 g/mol. The summed E-state index contributed by atoms with van der Waals surface area (Å²) in [6, 6.07) is 17.6. The molecule has 3 aromatic rings. The van der Waals surface area contributed by atoms with Gasteiger partial charge in [-0.25, -0.2) is 9.59 Å². The van der Waals surface area contributed by atoms with Gasteiger partial charge in [0, 0.05) is 0 Å². The molecule has 0 aliphatic heterocycles. The third kappa shape index (κ3) is 3.69. The second kappa shape index (κ2) is 8.42. The number of hydrogen-bond donors (Lipinski definition) is 1. The number of ether oxygens (including phenoxy) is 1. The van der Waals surface area contributed by atoms with Crippen LogP contribution in [0.1, 0.15) is 64.8 Å². The first-order valence-corrected chi connectivity index (χ1v) is 11.9. The third-order valence-corrected chi connectivity index (χ3v) is 8.45. The van der Waals surface area contributed by atoms with Crippen molar-refractivity contribution in [2.24, 2.45) is 17.8 Å². The molecule has 0 unspecified atom stereocenters. The number of esters is 1. The summed E-state index contributed by atoms with van der Waals surface area (Å²) in [6.07, 6.45) is 7.62. The summed E-state index contributed by atoms with van der Waals surface area (Å²) in [7, 11) is 1.47. The zero-order valence-electron chi connectivity index (χ0n) is 19.3. The smallest absolute Gasteiger partial charge is 0.338 e. The van der Waals surface area contributed by atoms with Gasteiger partial charge in [0.2, 0.25) is 0 Å². The van der Waals surface area contributed by atoms with Crippen molar-refractivity contribution >= 4 is 35.1 Å². The SMILES string of the molecule is COC(=O)c1ccc(-c2ccc3cc(C(=O)O)ccc3c2)cc1C12CC3CC(CC(C3)C1)C2.Cl. The van der Waals surface area contributed by atoms with Gasteiger partial charge in [-0.15, -0.1) is 12.4 Å². The van der Waals surface area contributed by atoms with Gasteiger partial charge in [0.05, 0.1) is 18.2 Å². The zero-order valence-corrected chi connectivity index (χ0v) is 20.1. The van der Waals surface area contributed by atoms with E-state index in [1.165, 1.54) is 51.2 Å². The normalized spacial score (nSPS) is 26.8.